The third-order valence-electron chi connectivity index (χ3n) is 3.68. The first-order valence-corrected chi connectivity index (χ1v) is 7.33. The van der Waals surface area contributed by atoms with Gasteiger partial charge in [-0.15, -0.1) is 0 Å². The molecule has 0 saturated carbocycles. The molecule has 1 N–H and O–H groups in total. The third kappa shape index (κ3) is 2.65. The molecule has 0 aliphatic heterocycles. The maximum Gasteiger partial charge on any atom is 0.129 e. The van der Waals surface area contributed by atoms with Crippen LogP contribution >= 0.6 is 15.9 Å². The lowest BCUT2D eigenvalue weighted by Gasteiger charge is -2.28. The van der Waals surface area contributed by atoms with Gasteiger partial charge in [-0.2, -0.15) is 5.10 Å². The molecule has 1 atom stereocenters. The van der Waals surface area contributed by atoms with E-state index in [0.717, 1.165) is 15.9 Å². The summed E-state index contributed by atoms with van der Waals surface area (Å²) in [6.45, 7) is 3.74. The van der Waals surface area contributed by atoms with E-state index in [1.54, 1.807) is 22.9 Å². The van der Waals surface area contributed by atoms with Crippen molar-refractivity contribution < 1.29 is 9.50 Å². The molecular weight excluding hydrogens is 323 g/mol. The van der Waals surface area contributed by atoms with E-state index >= 15 is 0 Å². The topological polar surface area (TPSA) is 38.1 Å². The van der Waals surface area contributed by atoms with Crippen molar-refractivity contribution >= 4 is 15.9 Å². The summed E-state index contributed by atoms with van der Waals surface area (Å²) in [5.41, 5.74) is 0.798. The first kappa shape index (κ1) is 15.2. The Kier molecular flexibility index (Phi) is 4.30. The van der Waals surface area contributed by atoms with E-state index in [-0.39, 0.29) is 5.82 Å². The molecule has 5 heteroatoms. The van der Waals surface area contributed by atoms with E-state index in [0.29, 0.717) is 18.4 Å². The van der Waals surface area contributed by atoms with E-state index in [2.05, 4.69) is 21.0 Å². The van der Waals surface area contributed by atoms with Crippen LogP contribution in [0.5, 0.6) is 0 Å². The second-order valence-electron chi connectivity index (χ2n) is 5.01. The molecular formula is C15H18BrFN2O. The number of aliphatic hydroxyl groups is 1. The number of hydrogen-bond donors (Lipinski definition) is 1. The minimum absolute atomic E-state index is 0.308. The van der Waals surface area contributed by atoms with Crippen LogP contribution in [0.1, 0.15) is 30.3 Å². The van der Waals surface area contributed by atoms with Gasteiger partial charge in [-0.05, 0) is 35.3 Å². The Labute approximate surface area is 126 Å². The highest BCUT2D eigenvalue weighted by Gasteiger charge is 2.32. The van der Waals surface area contributed by atoms with Crippen LogP contribution in [0.25, 0.3) is 0 Å². The van der Waals surface area contributed by atoms with Crippen molar-refractivity contribution in [1.82, 2.24) is 9.78 Å². The van der Waals surface area contributed by atoms with Gasteiger partial charge in [-0.1, -0.05) is 25.1 Å². The zero-order chi connectivity index (χ0) is 14.9. The summed E-state index contributed by atoms with van der Waals surface area (Å²) in [5, 5.41) is 15.2. The van der Waals surface area contributed by atoms with Crippen molar-refractivity contribution in [3.8, 4) is 0 Å². The number of hydrogen-bond acceptors (Lipinski definition) is 2. The summed E-state index contributed by atoms with van der Waals surface area (Å²) in [6.07, 6.45) is 0.729. The number of benzene rings is 1. The smallest absolute Gasteiger partial charge is 0.129 e. The quantitative estimate of drug-likeness (QED) is 0.925. The van der Waals surface area contributed by atoms with Gasteiger partial charge in [0.15, 0.2) is 0 Å². The fraction of sp³-hybridized carbons (Fsp3) is 0.400. The normalized spacial score (nSPS) is 14.3. The molecule has 0 fully saturated rings. The zero-order valence-electron chi connectivity index (χ0n) is 11.8. The molecule has 0 amide bonds. The lowest BCUT2D eigenvalue weighted by atomic mass is 9.86. The Morgan fingerprint density at radius 1 is 1.40 bits per heavy atom. The van der Waals surface area contributed by atoms with Crippen molar-refractivity contribution in [3.05, 3.63) is 51.5 Å². The van der Waals surface area contributed by atoms with Crippen molar-refractivity contribution in [1.29, 1.82) is 0 Å². The largest absolute Gasteiger partial charge is 0.385 e. The van der Waals surface area contributed by atoms with Crippen LogP contribution in [-0.4, -0.2) is 14.9 Å². The van der Waals surface area contributed by atoms with E-state index in [4.69, 9.17) is 0 Å². The molecule has 1 unspecified atom stereocenters. The highest BCUT2D eigenvalue weighted by Crippen LogP contribution is 2.33. The maximum atomic E-state index is 14.0. The Balaban J connectivity index is 2.45. The number of aryl methyl sites for hydroxylation is 2. The number of rotatable bonds is 4. The molecule has 1 heterocycles. The summed E-state index contributed by atoms with van der Waals surface area (Å²) >= 11 is 3.49. The highest BCUT2D eigenvalue weighted by molar-refractivity contribution is 9.10. The molecule has 1 aromatic heterocycles. The minimum Gasteiger partial charge on any atom is -0.385 e. The zero-order valence-corrected chi connectivity index (χ0v) is 13.4. The van der Waals surface area contributed by atoms with Gasteiger partial charge in [0, 0.05) is 19.0 Å². The van der Waals surface area contributed by atoms with Crippen LogP contribution < -0.4 is 0 Å². The molecule has 2 aromatic rings. The average Bonchev–Trinajstić information content (AvgIpc) is 2.65. The van der Waals surface area contributed by atoms with Crippen LogP contribution in [-0.2, 0) is 19.1 Å². The maximum absolute atomic E-state index is 14.0. The predicted molar refractivity (Wildman–Crippen MR) is 79.9 cm³/mol. The minimum atomic E-state index is -1.24. The second-order valence-corrected chi connectivity index (χ2v) is 5.80. The molecule has 2 rings (SSSR count). The van der Waals surface area contributed by atoms with Gasteiger partial charge in [-0.3, -0.25) is 4.68 Å². The Morgan fingerprint density at radius 3 is 2.55 bits per heavy atom. The lowest BCUT2D eigenvalue weighted by molar-refractivity contribution is 0.0272. The fourth-order valence-electron chi connectivity index (χ4n) is 2.40. The molecule has 3 nitrogen and oxygen atoms in total. The Morgan fingerprint density at radius 2 is 2.05 bits per heavy atom. The van der Waals surface area contributed by atoms with Gasteiger partial charge < -0.3 is 5.11 Å². The summed E-state index contributed by atoms with van der Waals surface area (Å²) < 4.78 is 16.6. The standard InChI is InChI=1S/C15H18BrFN2O/c1-4-15(20,11-7-5-6-8-12(11)17)9-13-14(16)10(2)18-19(13)3/h5-8,20H,4,9H2,1-3H3. The van der Waals surface area contributed by atoms with Gasteiger partial charge in [0.1, 0.15) is 5.82 Å². The molecule has 0 radical (unpaired) electrons. The SMILES string of the molecule is CCC(O)(Cc1c(Br)c(C)nn1C)c1ccccc1F. The average molecular weight is 341 g/mol. The molecule has 0 bridgehead atoms. The van der Waals surface area contributed by atoms with E-state index in [1.807, 2.05) is 20.9 Å². The van der Waals surface area contributed by atoms with Crippen molar-refractivity contribution in [2.75, 3.05) is 0 Å². The second kappa shape index (κ2) is 5.66. The van der Waals surface area contributed by atoms with Crippen molar-refractivity contribution in [2.24, 2.45) is 7.05 Å². The summed E-state index contributed by atoms with van der Waals surface area (Å²) in [5.74, 6) is -0.383. The molecule has 0 aliphatic carbocycles. The van der Waals surface area contributed by atoms with Gasteiger partial charge in [0.2, 0.25) is 0 Å². The van der Waals surface area contributed by atoms with E-state index in [9.17, 15) is 9.50 Å². The molecule has 108 valence electrons. The van der Waals surface area contributed by atoms with Crippen LogP contribution in [0, 0.1) is 12.7 Å². The van der Waals surface area contributed by atoms with Gasteiger partial charge in [0.05, 0.1) is 21.5 Å². The van der Waals surface area contributed by atoms with Crippen LogP contribution in [0.4, 0.5) is 4.39 Å². The molecule has 0 aliphatic rings. The predicted octanol–water partition coefficient (Wildman–Crippen LogP) is 3.47. The third-order valence-corrected chi connectivity index (χ3v) is 4.71. The fourth-order valence-corrected chi connectivity index (χ4v) is 2.87. The Bertz CT molecular complexity index is 626. The summed E-state index contributed by atoms with van der Waals surface area (Å²) in [7, 11) is 1.82. The molecule has 1 aromatic carbocycles. The van der Waals surface area contributed by atoms with Crippen molar-refractivity contribution in [2.45, 2.75) is 32.3 Å². The summed E-state index contributed by atoms with van der Waals surface area (Å²) in [6, 6.07) is 6.37. The molecule has 20 heavy (non-hydrogen) atoms. The van der Waals surface area contributed by atoms with Gasteiger partial charge >= 0.3 is 0 Å². The highest BCUT2D eigenvalue weighted by atomic mass is 79.9. The van der Waals surface area contributed by atoms with E-state index in [1.165, 1.54) is 6.07 Å². The van der Waals surface area contributed by atoms with E-state index < -0.39 is 5.60 Å². The molecule has 0 saturated heterocycles. The number of halogens is 2. The molecule has 0 spiro atoms. The first-order chi connectivity index (χ1) is 9.39. The van der Waals surface area contributed by atoms with Crippen molar-refractivity contribution in [3.63, 3.8) is 0 Å². The Hall–Kier alpha value is -1.20. The lowest BCUT2D eigenvalue weighted by Crippen LogP contribution is -2.30. The summed E-state index contributed by atoms with van der Waals surface area (Å²) in [4.78, 5) is 0. The van der Waals surface area contributed by atoms with Crippen LogP contribution in [0.15, 0.2) is 28.7 Å². The van der Waals surface area contributed by atoms with Gasteiger partial charge in [-0.25, -0.2) is 4.39 Å². The van der Waals surface area contributed by atoms with Crippen LogP contribution in [0.3, 0.4) is 0 Å². The van der Waals surface area contributed by atoms with Crippen LogP contribution in [0.2, 0.25) is 0 Å². The number of nitrogens with zero attached hydrogens (tertiary/aromatic N) is 2. The number of aromatic nitrogens is 2. The van der Waals surface area contributed by atoms with Gasteiger partial charge in [0.25, 0.3) is 0 Å². The first-order valence-electron chi connectivity index (χ1n) is 6.54. The monoisotopic (exact) mass is 340 g/mol.